The van der Waals surface area contributed by atoms with Gasteiger partial charge in [0.2, 0.25) is 0 Å². The lowest BCUT2D eigenvalue weighted by atomic mass is 9.65. The molecule has 1 fully saturated rings. The van der Waals surface area contributed by atoms with E-state index in [2.05, 4.69) is 20.9 Å². The zero-order chi connectivity index (χ0) is 10.2. The first-order chi connectivity index (χ1) is 6.68. The van der Waals surface area contributed by atoms with Gasteiger partial charge in [-0.25, -0.2) is 4.98 Å². The average molecular weight is 276 g/mol. The van der Waals surface area contributed by atoms with Crippen molar-refractivity contribution in [2.24, 2.45) is 5.73 Å². The van der Waals surface area contributed by atoms with Gasteiger partial charge in [0.15, 0.2) is 0 Å². The molecular formula is C10H12BrClN2. The van der Waals surface area contributed by atoms with E-state index in [4.69, 9.17) is 17.3 Å². The predicted molar refractivity (Wildman–Crippen MR) is 61.5 cm³/mol. The molecule has 1 aliphatic carbocycles. The highest BCUT2D eigenvalue weighted by molar-refractivity contribution is 9.10. The molecular weight excluding hydrogens is 263 g/mol. The first-order valence-corrected chi connectivity index (χ1v) is 5.87. The summed E-state index contributed by atoms with van der Waals surface area (Å²) in [6.07, 6.45) is 5.21. The van der Waals surface area contributed by atoms with Gasteiger partial charge < -0.3 is 5.73 Å². The molecule has 0 atom stereocenters. The summed E-state index contributed by atoms with van der Waals surface area (Å²) in [5.74, 6) is 0. The van der Waals surface area contributed by atoms with Crippen LogP contribution in [0.5, 0.6) is 0 Å². The van der Waals surface area contributed by atoms with Crippen molar-refractivity contribution < 1.29 is 0 Å². The van der Waals surface area contributed by atoms with Crippen molar-refractivity contribution >= 4 is 27.5 Å². The lowest BCUT2D eigenvalue weighted by molar-refractivity contribution is 0.252. The van der Waals surface area contributed by atoms with E-state index in [1.807, 2.05) is 6.07 Å². The minimum absolute atomic E-state index is 0.0911. The van der Waals surface area contributed by atoms with Gasteiger partial charge in [-0.2, -0.15) is 0 Å². The largest absolute Gasteiger partial charge is 0.330 e. The summed E-state index contributed by atoms with van der Waals surface area (Å²) in [6.45, 7) is 0.658. The zero-order valence-electron chi connectivity index (χ0n) is 7.76. The molecule has 0 amide bonds. The maximum Gasteiger partial charge on any atom is 0.132 e. The van der Waals surface area contributed by atoms with E-state index in [0.29, 0.717) is 11.7 Å². The second kappa shape index (κ2) is 3.80. The number of hydrogen-bond donors (Lipinski definition) is 1. The molecule has 1 heterocycles. The Morgan fingerprint density at radius 2 is 2.29 bits per heavy atom. The summed E-state index contributed by atoms with van der Waals surface area (Å²) in [5.41, 5.74) is 7.01. The average Bonchev–Trinajstić information content (AvgIpc) is 2.10. The molecule has 0 aromatic carbocycles. The Hall–Kier alpha value is -0.120. The van der Waals surface area contributed by atoms with E-state index >= 15 is 0 Å². The van der Waals surface area contributed by atoms with Gasteiger partial charge in [-0.3, -0.25) is 0 Å². The van der Waals surface area contributed by atoms with Crippen molar-refractivity contribution in [3.05, 3.63) is 27.5 Å². The van der Waals surface area contributed by atoms with Crippen LogP contribution in [0.4, 0.5) is 0 Å². The highest BCUT2D eigenvalue weighted by Gasteiger charge is 2.39. The second-order valence-corrected chi connectivity index (χ2v) is 5.10. The van der Waals surface area contributed by atoms with Crippen molar-refractivity contribution in [1.82, 2.24) is 4.98 Å². The van der Waals surface area contributed by atoms with Crippen LogP contribution < -0.4 is 5.73 Å². The quantitative estimate of drug-likeness (QED) is 0.843. The Bertz CT molecular complexity index is 344. The van der Waals surface area contributed by atoms with E-state index in [-0.39, 0.29) is 5.41 Å². The Morgan fingerprint density at radius 1 is 1.57 bits per heavy atom. The zero-order valence-corrected chi connectivity index (χ0v) is 10.1. The molecule has 0 bridgehead atoms. The van der Waals surface area contributed by atoms with Crippen molar-refractivity contribution in [3.63, 3.8) is 0 Å². The van der Waals surface area contributed by atoms with Crippen molar-refractivity contribution in [2.45, 2.75) is 24.7 Å². The fourth-order valence-corrected chi connectivity index (χ4v) is 2.62. The number of aromatic nitrogens is 1. The van der Waals surface area contributed by atoms with E-state index in [1.165, 1.54) is 6.42 Å². The minimum atomic E-state index is 0.0911. The van der Waals surface area contributed by atoms with Crippen LogP contribution in [0.25, 0.3) is 0 Å². The van der Waals surface area contributed by atoms with Gasteiger partial charge in [0.1, 0.15) is 5.15 Å². The van der Waals surface area contributed by atoms with Crippen LogP contribution in [-0.4, -0.2) is 11.5 Å². The molecule has 1 aromatic rings. The number of nitrogens with two attached hydrogens (primary N) is 1. The minimum Gasteiger partial charge on any atom is -0.330 e. The topological polar surface area (TPSA) is 38.9 Å². The van der Waals surface area contributed by atoms with E-state index in [1.54, 1.807) is 6.20 Å². The van der Waals surface area contributed by atoms with Gasteiger partial charge in [0.25, 0.3) is 0 Å². The fraction of sp³-hybridized carbons (Fsp3) is 0.500. The summed E-state index contributed by atoms with van der Waals surface area (Å²) >= 11 is 9.49. The van der Waals surface area contributed by atoms with Crippen LogP contribution in [0.15, 0.2) is 16.7 Å². The third-order valence-electron chi connectivity index (χ3n) is 3.08. The number of pyridine rings is 1. The summed E-state index contributed by atoms with van der Waals surface area (Å²) in [5, 5.41) is 0.596. The maximum atomic E-state index is 6.08. The van der Waals surface area contributed by atoms with E-state index in [9.17, 15) is 0 Å². The number of rotatable bonds is 2. The summed E-state index contributed by atoms with van der Waals surface area (Å²) in [6, 6.07) is 2.04. The van der Waals surface area contributed by atoms with E-state index < -0.39 is 0 Å². The third kappa shape index (κ3) is 1.58. The molecule has 1 aliphatic rings. The number of hydrogen-bond acceptors (Lipinski definition) is 2. The Balaban J connectivity index is 2.43. The Morgan fingerprint density at radius 3 is 2.79 bits per heavy atom. The molecule has 1 aromatic heterocycles. The van der Waals surface area contributed by atoms with Crippen molar-refractivity contribution in [1.29, 1.82) is 0 Å². The predicted octanol–water partition coefficient (Wildman–Crippen LogP) is 2.88. The molecule has 0 saturated heterocycles. The SMILES string of the molecule is NCC1(c2cc(Br)cnc2Cl)CCC1. The van der Waals surface area contributed by atoms with Gasteiger partial charge in [0, 0.05) is 22.6 Å². The molecule has 2 rings (SSSR count). The number of halogens is 2. The lowest BCUT2D eigenvalue weighted by Gasteiger charge is -2.41. The monoisotopic (exact) mass is 274 g/mol. The molecule has 0 radical (unpaired) electrons. The molecule has 76 valence electrons. The maximum absolute atomic E-state index is 6.08. The summed E-state index contributed by atoms with van der Waals surface area (Å²) in [4.78, 5) is 4.14. The number of nitrogens with zero attached hydrogens (tertiary/aromatic N) is 1. The van der Waals surface area contributed by atoms with Crippen LogP contribution in [0.2, 0.25) is 5.15 Å². The molecule has 1 saturated carbocycles. The molecule has 2 nitrogen and oxygen atoms in total. The van der Waals surface area contributed by atoms with Crippen molar-refractivity contribution in [2.75, 3.05) is 6.54 Å². The third-order valence-corrected chi connectivity index (χ3v) is 3.81. The van der Waals surface area contributed by atoms with Gasteiger partial charge in [-0.05, 0) is 40.4 Å². The van der Waals surface area contributed by atoms with Crippen LogP contribution in [0.1, 0.15) is 24.8 Å². The van der Waals surface area contributed by atoms with Gasteiger partial charge in [-0.1, -0.05) is 18.0 Å². The van der Waals surface area contributed by atoms with Crippen LogP contribution >= 0.6 is 27.5 Å². The molecule has 2 N–H and O–H groups in total. The standard InChI is InChI=1S/C10H12BrClN2/c11-7-4-8(9(12)14-5-7)10(6-13)2-1-3-10/h4-5H,1-3,6,13H2. The Kier molecular flexibility index (Phi) is 2.82. The smallest absolute Gasteiger partial charge is 0.132 e. The highest BCUT2D eigenvalue weighted by atomic mass is 79.9. The van der Waals surface area contributed by atoms with Crippen LogP contribution in [0.3, 0.4) is 0 Å². The molecule has 4 heteroatoms. The highest BCUT2D eigenvalue weighted by Crippen LogP contribution is 2.45. The molecule has 14 heavy (non-hydrogen) atoms. The van der Waals surface area contributed by atoms with Crippen LogP contribution in [0, 0.1) is 0 Å². The van der Waals surface area contributed by atoms with Crippen LogP contribution in [-0.2, 0) is 5.41 Å². The second-order valence-electron chi connectivity index (χ2n) is 3.83. The van der Waals surface area contributed by atoms with Gasteiger partial charge in [0.05, 0.1) is 0 Å². The normalized spacial score (nSPS) is 19.1. The van der Waals surface area contributed by atoms with Gasteiger partial charge in [-0.15, -0.1) is 0 Å². The van der Waals surface area contributed by atoms with Crippen molar-refractivity contribution in [3.8, 4) is 0 Å². The summed E-state index contributed by atoms with van der Waals surface area (Å²) in [7, 11) is 0. The van der Waals surface area contributed by atoms with Gasteiger partial charge >= 0.3 is 0 Å². The summed E-state index contributed by atoms with van der Waals surface area (Å²) < 4.78 is 0.969. The first kappa shape index (κ1) is 10.4. The van der Waals surface area contributed by atoms with E-state index in [0.717, 1.165) is 22.9 Å². The lowest BCUT2D eigenvalue weighted by Crippen LogP contribution is -2.41. The molecule has 0 unspecified atom stereocenters. The molecule has 0 spiro atoms. The molecule has 0 aliphatic heterocycles. The Labute approximate surface area is 97.0 Å². The first-order valence-electron chi connectivity index (χ1n) is 4.69. The fourth-order valence-electron chi connectivity index (χ4n) is 1.98.